The summed E-state index contributed by atoms with van der Waals surface area (Å²) in [6.07, 6.45) is 0.241. The fourth-order valence-electron chi connectivity index (χ4n) is 3.26. The van der Waals surface area contributed by atoms with Gasteiger partial charge in [0.05, 0.1) is 0 Å². The minimum absolute atomic E-state index is 0.140. The normalized spacial score (nSPS) is 13.7. The van der Waals surface area contributed by atoms with Gasteiger partial charge in [0.15, 0.2) is 0 Å². The molecular formula is C22H29NO2. The van der Waals surface area contributed by atoms with E-state index < -0.39 is 0 Å². The number of hydrogen-bond donors (Lipinski definition) is 0. The number of esters is 1. The Kier molecular flexibility index (Phi) is 7.20. The van der Waals surface area contributed by atoms with Crippen molar-refractivity contribution in [1.82, 2.24) is 4.90 Å². The Labute approximate surface area is 151 Å². The predicted molar refractivity (Wildman–Crippen MR) is 103 cm³/mol. The number of carbonyl (C=O) groups excluding carboxylic acids is 1. The first-order chi connectivity index (χ1) is 12.0. The summed E-state index contributed by atoms with van der Waals surface area (Å²) in [6.45, 7) is 4.73. The van der Waals surface area contributed by atoms with Crippen LogP contribution < -0.4 is 0 Å². The quantitative estimate of drug-likeness (QED) is 0.670. The van der Waals surface area contributed by atoms with Crippen LogP contribution in [0.2, 0.25) is 0 Å². The van der Waals surface area contributed by atoms with Gasteiger partial charge >= 0.3 is 5.97 Å². The second-order valence-electron chi connectivity index (χ2n) is 6.80. The van der Waals surface area contributed by atoms with Gasteiger partial charge in [-0.1, -0.05) is 74.5 Å². The summed E-state index contributed by atoms with van der Waals surface area (Å²) in [4.78, 5) is 14.0. The van der Waals surface area contributed by atoms with Gasteiger partial charge in [-0.15, -0.1) is 0 Å². The molecule has 2 aromatic carbocycles. The minimum atomic E-state index is -0.159. The van der Waals surface area contributed by atoms with E-state index in [9.17, 15) is 4.79 Å². The van der Waals surface area contributed by atoms with Crippen molar-refractivity contribution < 1.29 is 9.53 Å². The largest absolute Gasteiger partial charge is 0.461 e. The molecule has 2 rings (SSSR count). The van der Waals surface area contributed by atoms with Crippen molar-refractivity contribution in [1.29, 1.82) is 0 Å². The molecule has 0 aromatic heterocycles. The summed E-state index contributed by atoms with van der Waals surface area (Å²) in [5.74, 6) is 0.193. The van der Waals surface area contributed by atoms with Gasteiger partial charge in [-0.3, -0.25) is 4.79 Å². The van der Waals surface area contributed by atoms with Crippen LogP contribution in [0.1, 0.15) is 37.3 Å². The number of benzene rings is 2. The zero-order chi connectivity index (χ0) is 18.2. The highest BCUT2D eigenvalue weighted by molar-refractivity contribution is 5.69. The van der Waals surface area contributed by atoms with E-state index in [-0.39, 0.29) is 23.9 Å². The van der Waals surface area contributed by atoms with Crippen LogP contribution in [0.15, 0.2) is 60.7 Å². The number of nitrogens with zero attached hydrogens (tertiary/aromatic N) is 1. The molecule has 25 heavy (non-hydrogen) atoms. The van der Waals surface area contributed by atoms with Gasteiger partial charge in [-0.2, -0.15) is 0 Å². The molecule has 2 aromatic rings. The lowest BCUT2D eigenvalue weighted by atomic mass is 9.78. The molecule has 0 spiro atoms. The first kappa shape index (κ1) is 19.2. The number of carbonyl (C=O) groups is 1. The highest BCUT2D eigenvalue weighted by Crippen LogP contribution is 2.35. The Balaban J connectivity index is 2.38. The van der Waals surface area contributed by atoms with Crippen LogP contribution in [0, 0.1) is 5.92 Å². The van der Waals surface area contributed by atoms with Crippen molar-refractivity contribution in [2.45, 2.75) is 32.3 Å². The second-order valence-corrected chi connectivity index (χ2v) is 6.80. The van der Waals surface area contributed by atoms with Gasteiger partial charge in [0.2, 0.25) is 0 Å². The van der Waals surface area contributed by atoms with E-state index in [1.165, 1.54) is 11.1 Å². The molecule has 0 N–H and O–H groups in total. The first-order valence-electron chi connectivity index (χ1n) is 8.97. The summed E-state index contributed by atoms with van der Waals surface area (Å²) in [5, 5.41) is 0. The lowest BCUT2D eigenvalue weighted by Crippen LogP contribution is -2.38. The highest BCUT2D eigenvalue weighted by Gasteiger charge is 2.31. The van der Waals surface area contributed by atoms with Crippen LogP contribution >= 0.6 is 0 Å². The number of likely N-dealkylation sites (N-methyl/N-ethyl adjacent to an activating group) is 1. The molecule has 3 nitrogen and oxygen atoms in total. The lowest BCUT2D eigenvalue weighted by Gasteiger charge is -2.33. The molecule has 0 fully saturated rings. The van der Waals surface area contributed by atoms with Crippen LogP contribution in [-0.2, 0) is 9.53 Å². The zero-order valence-electron chi connectivity index (χ0n) is 15.7. The van der Waals surface area contributed by atoms with Crippen LogP contribution in [0.3, 0.4) is 0 Å². The van der Waals surface area contributed by atoms with Crippen molar-refractivity contribution >= 4 is 5.97 Å². The number of hydrogen-bond acceptors (Lipinski definition) is 3. The van der Waals surface area contributed by atoms with E-state index >= 15 is 0 Å². The maximum Gasteiger partial charge on any atom is 0.305 e. The molecule has 0 saturated heterocycles. The van der Waals surface area contributed by atoms with Crippen molar-refractivity contribution in [2.75, 3.05) is 20.6 Å². The van der Waals surface area contributed by atoms with Crippen molar-refractivity contribution in [3.05, 3.63) is 71.8 Å². The fraction of sp³-hybridized carbons (Fsp3) is 0.409. The molecule has 0 aliphatic rings. The van der Waals surface area contributed by atoms with E-state index in [1.807, 2.05) is 33.2 Å². The standard InChI is InChI=1S/C22H29NO2/c1-5-21(24)25-20(16-23(3)4)17(2)22(18-12-8-6-9-13-18)19-14-10-7-11-15-19/h6-15,17,20,22H,5,16H2,1-4H3. The SMILES string of the molecule is CCC(=O)OC(CN(C)C)C(C)C(c1ccccc1)c1ccccc1. The third-order valence-electron chi connectivity index (χ3n) is 4.55. The van der Waals surface area contributed by atoms with Crippen molar-refractivity contribution in [2.24, 2.45) is 5.92 Å². The molecule has 3 heteroatoms. The smallest absolute Gasteiger partial charge is 0.305 e. The maximum atomic E-state index is 12.0. The van der Waals surface area contributed by atoms with Crippen LogP contribution in [0.4, 0.5) is 0 Å². The van der Waals surface area contributed by atoms with Gasteiger partial charge < -0.3 is 9.64 Å². The average Bonchev–Trinajstić information content (AvgIpc) is 2.62. The molecule has 2 unspecified atom stereocenters. The predicted octanol–water partition coefficient (Wildman–Crippen LogP) is 4.34. The van der Waals surface area contributed by atoms with E-state index in [2.05, 4.69) is 60.4 Å². The topological polar surface area (TPSA) is 29.5 Å². The average molecular weight is 339 g/mol. The Morgan fingerprint density at radius 1 is 0.960 bits per heavy atom. The molecule has 0 aliphatic carbocycles. The summed E-state index contributed by atoms with van der Waals surface area (Å²) >= 11 is 0. The van der Waals surface area contributed by atoms with Gasteiger partial charge in [0.25, 0.3) is 0 Å². The lowest BCUT2D eigenvalue weighted by molar-refractivity contribution is -0.152. The summed E-state index contributed by atoms with van der Waals surface area (Å²) in [5.41, 5.74) is 2.50. The molecule has 0 saturated carbocycles. The third kappa shape index (κ3) is 5.43. The molecule has 134 valence electrons. The highest BCUT2D eigenvalue weighted by atomic mass is 16.5. The van der Waals surface area contributed by atoms with E-state index in [0.29, 0.717) is 13.0 Å². The summed E-state index contributed by atoms with van der Waals surface area (Å²) < 4.78 is 5.82. The second kappa shape index (κ2) is 9.38. The van der Waals surface area contributed by atoms with Gasteiger partial charge in [0.1, 0.15) is 6.10 Å². The summed E-state index contributed by atoms with van der Waals surface area (Å²) in [6, 6.07) is 21.0. The number of ether oxygens (including phenoxy) is 1. The van der Waals surface area contributed by atoms with E-state index in [0.717, 1.165) is 0 Å². The molecule has 0 radical (unpaired) electrons. The van der Waals surface area contributed by atoms with E-state index in [4.69, 9.17) is 4.74 Å². The Morgan fingerprint density at radius 3 is 1.84 bits per heavy atom. The van der Waals surface area contributed by atoms with Crippen LogP contribution in [0.25, 0.3) is 0 Å². The van der Waals surface area contributed by atoms with Crippen molar-refractivity contribution in [3.8, 4) is 0 Å². The summed E-state index contributed by atoms with van der Waals surface area (Å²) in [7, 11) is 4.03. The van der Waals surface area contributed by atoms with Gasteiger partial charge in [-0.05, 0) is 25.2 Å². The Morgan fingerprint density at radius 2 is 1.44 bits per heavy atom. The van der Waals surface area contributed by atoms with Gasteiger partial charge in [0, 0.05) is 24.8 Å². The van der Waals surface area contributed by atoms with Crippen LogP contribution in [0.5, 0.6) is 0 Å². The minimum Gasteiger partial charge on any atom is -0.461 e. The van der Waals surface area contributed by atoms with Crippen LogP contribution in [-0.4, -0.2) is 37.6 Å². The molecule has 0 aliphatic heterocycles. The third-order valence-corrected chi connectivity index (χ3v) is 4.55. The zero-order valence-corrected chi connectivity index (χ0v) is 15.7. The molecule has 0 bridgehead atoms. The first-order valence-corrected chi connectivity index (χ1v) is 8.97. The monoisotopic (exact) mass is 339 g/mol. The fourth-order valence-corrected chi connectivity index (χ4v) is 3.26. The molecule has 2 atom stereocenters. The molecular weight excluding hydrogens is 310 g/mol. The molecule has 0 heterocycles. The Hall–Kier alpha value is -2.13. The molecule has 0 amide bonds. The maximum absolute atomic E-state index is 12.0. The van der Waals surface area contributed by atoms with Crippen molar-refractivity contribution in [3.63, 3.8) is 0 Å². The van der Waals surface area contributed by atoms with Gasteiger partial charge in [-0.25, -0.2) is 0 Å². The van der Waals surface area contributed by atoms with E-state index in [1.54, 1.807) is 0 Å². The Bertz CT molecular complexity index is 600. The number of rotatable bonds is 8.